The zero-order valence-corrected chi connectivity index (χ0v) is 11.4. The van der Waals surface area contributed by atoms with Crippen LogP contribution in [0, 0.1) is 15.9 Å². The van der Waals surface area contributed by atoms with Gasteiger partial charge in [-0.25, -0.2) is 4.39 Å². The van der Waals surface area contributed by atoms with Crippen LogP contribution in [0.5, 0.6) is 0 Å². The van der Waals surface area contributed by atoms with Crippen molar-refractivity contribution in [3.05, 3.63) is 51.3 Å². The maximum absolute atomic E-state index is 13.2. The second kappa shape index (κ2) is 7.14. The number of nitro benzene ring substituents is 1. The minimum absolute atomic E-state index is 0.0317. The summed E-state index contributed by atoms with van der Waals surface area (Å²) >= 11 is 0. The lowest BCUT2D eigenvalue weighted by Gasteiger charge is -2.13. The molecule has 0 saturated heterocycles. The second-order valence-electron chi connectivity index (χ2n) is 5.07. The molecule has 0 spiro atoms. The molecule has 4 nitrogen and oxygen atoms in total. The molecule has 108 valence electrons. The highest BCUT2D eigenvalue weighted by Gasteiger charge is 2.13. The summed E-state index contributed by atoms with van der Waals surface area (Å²) in [6.45, 7) is 1.08. The minimum Gasteiger partial charge on any atom is -0.312 e. The van der Waals surface area contributed by atoms with Crippen molar-refractivity contribution in [3.63, 3.8) is 0 Å². The minimum atomic E-state index is -0.472. The van der Waals surface area contributed by atoms with E-state index in [0.717, 1.165) is 31.9 Å². The standard InChI is InChI=1S/C15H19FN2O2/c16-14-6-7-15(18(19)20)13(10-14)11-17-9-8-12-4-2-1-3-5-12/h4,6-7,10,17H,1-3,5,8-9,11H2. The number of rotatable bonds is 6. The first-order valence-corrected chi connectivity index (χ1v) is 6.98. The van der Waals surface area contributed by atoms with Gasteiger partial charge in [-0.05, 0) is 50.8 Å². The van der Waals surface area contributed by atoms with Crippen molar-refractivity contribution in [2.45, 2.75) is 38.6 Å². The van der Waals surface area contributed by atoms with Gasteiger partial charge >= 0.3 is 0 Å². The monoisotopic (exact) mass is 278 g/mol. The van der Waals surface area contributed by atoms with Gasteiger partial charge in [0.15, 0.2) is 0 Å². The zero-order chi connectivity index (χ0) is 14.4. The first-order chi connectivity index (χ1) is 9.66. The molecule has 1 aliphatic rings. The second-order valence-corrected chi connectivity index (χ2v) is 5.07. The van der Waals surface area contributed by atoms with Crippen LogP contribution in [0.25, 0.3) is 0 Å². The fourth-order valence-electron chi connectivity index (χ4n) is 2.48. The van der Waals surface area contributed by atoms with E-state index in [-0.39, 0.29) is 5.69 Å². The molecule has 5 heteroatoms. The van der Waals surface area contributed by atoms with E-state index >= 15 is 0 Å². The van der Waals surface area contributed by atoms with Gasteiger partial charge in [-0.1, -0.05) is 11.6 Å². The van der Waals surface area contributed by atoms with Crippen molar-refractivity contribution in [2.24, 2.45) is 0 Å². The Balaban J connectivity index is 1.85. The highest BCUT2D eigenvalue weighted by molar-refractivity contribution is 5.40. The summed E-state index contributed by atoms with van der Waals surface area (Å²) < 4.78 is 13.2. The number of hydrogen-bond donors (Lipinski definition) is 1. The van der Waals surface area contributed by atoms with E-state index in [4.69, 9.17) is 0 Å². The van der Waals surface area contributed by atoms with Gasteiger partial charge < -0.3 is 5.32 Å². The lowest BCUT2D eigenvalue weighted by molar-refractivity contribution is -0.385. The Morgan fingerprint density at radius 1 is 1.35 bits per heavy atom. The van der Waals surface area contributed by atoms with Crippen molar-refractivity contribution in [3.8, 4) is 0 Å². The van der Waals surface area contributed by atoms with Crippen LogP contribution in [0.1, 0.15) is 37.7 Å². The maximum Gasteiger partial charge on any atom is 0.274 e. The largest absolute Gasteiger partial charge is 0.312 e. The average Bonchev–Trinajstić information content (AvgIpc) is 2.44. The van der Waals surface area contributed by atoms with E-state index in [1.165, 1.54) is 30.5 Å². The van der Waals surface area contributed by atoms with Crippen LogP contribution in [-0.2, 0) is 6.54 Å². The fraction of sp³-hybridized carbons (Fsp3) is 0.467. The van der Waals surface area contributed by atoms with E-state index in [9.17, 15) is 14.5 Å². The van der Waals surface area contributed by atoms with Gasteiger partial charge in [-0.15, -0.1) is 0 Å². The number of benzene rings is 1. The summed E-state index contributed by atoms with van der Waals surface area (Å²) in [4.78, 5) is 10.4. The Morgan fingerprint density at radius 3 is 2.90 bits per heavy atom. The average molecular weight is 278 g/mol. The fourth-order valence-corrected chi connectivity index (χ4v) is 2.48. The zero-order valence-electron chi connectivity index (χ0n) is 11.4. The molecule has 0 heterocycles. The van der Waals surface area contributed by atoms with Gasteiger partial charge in [0, 0.05) is 18.2 Å². The number of nitrogens with zero attached hydrogens (tertiary/aromatic N) is 1. The Hall–Kier alpha value is -1.75. The number of nitrogens with one attached hydrogen (secondary N) is 1. The molecule has 0 aromatic heterocycles. The van der Waals surface area contributed by atoms with E-state index in [1.807, 2.05) is 0 Å². The van der Waals surface area contributed by atoms with Crippen molar-refractivity contribution < 1.29 is 9.31 Å². The molecule has 0 fully saturated rings. The van der Waals surface area contributed by atoms with Crippen LogP contribution in [0.4, 0.5) is 10.1 Å². The first-order valence-electron chi connectivity index (χ1n) is 6.98. The molecule has 20 heavy (non-hydrogen) atoms. The van der Waals surface area contributed by atoms with Crippen molar-refractivity contribution in [1.82, 2.24) is 5.32 Å². The molecular weight excluding hydrogens is 259 g/mol. The third-order valence-corrected chi connectivity index (χ3v) is 3.56. The van der Waals surface area contributed by atoms with Gasteiger partial charge in [0.2, 0.25) is 0 Å². The van der Waals surface area contributed by atoms with E-state index < -0.39 is 10.7 Å². The van der Waals surface area contributed by atoms with Gasteiger partial charge in [-0.2, -0.15) is 0 Å². The van der Waals surface area contributed by atoms with Crippen molar-refractivity contribution in [1.29, 1.82) is 0 Å². The molecular formula is C15H19FN2O2. The third-order valence-electron chi connectivity index (χ3n) is 3.56. The highest BCUT2D eigenvalue weighted by Crippen LogP contribution is 2.21. The summed E-state index contributed by atoms with van der Waals surface area (Å²) in [7, 11) is 0. The predicted molar refractivity (Wildman–Crippen MR) is 75.9 cm³/mol. The molecule has 1 aliphatic carbocycles. The SMILES string of the molecule is O=[N+]([O-])c1ccc(F)cc1CNCCC1=CCCCC1. The number of nitro groups is 1. The van der Waals surface area contributed by atoms with Crippen LogP contribution in [-0.4, -0.2) is 11.5 Å². The van der Waals surface area contributed by atoms with Crippen LogP contribution >= 0.6 is 0 Å². The molecule has 0 radical (unpaired) electrons. The van der Waals surface area contributed by atoms with Crippen LogP contribution in [0.15, 0.2) is 29.8 Å². The lowest BCUT2D eigenvalue weighted by Crippen LogP contribution is -2.16. The predicted octanol–water partition coefficient (Wildman–Crippen LogP) is 3.71. The van der Waals surface area contributed by atoms with Crippen LogP contribution < -0.4 is 5.32 Å². The normalized spacial score (nSPS) is 14.9. The van der Waals surface area contributed by atoms with Gasteiger partial charge in [0.05, 0.1) is 4.92 Å². The molecule has 1 aromatic carbocycles. The topological polar surface area (TPSA) is 55.2 Å². The summed E-state index contributed by atoms with van der Waals surface area (Å²) in [5, 5.41) is 14.0. The van der Waals surface area contributed by atoms with Gasteiger partial charge in [-0.3, -0.25) is 10.1 Å². The Labute approximate surface area is 117 Å². The van der Waals surface area contributed by atoms with Crippen molar-refractivity contribution >= 4 is 5.69 Å². The summed E-state index contributed by atoms with van der Waals surface area (Å²) in [5.74, 6) is -0.442. The van der Waals surface area contributed by atoms with Crippen LogP contribution in [0.3, 0.4) is 0 Å². The molecule has 0 bridgehead atoms. The first kappa shape index (κ1) is 14.7. The Kier molecular flexibility index (Phi) is 5.24. The number of hydrogen-bond acceptors (Lipinski definition) is 3. The quantitative estimate of drug-likeness (QED) is 0.373. The van der Waals surface area contributed by atoms with Gasteiger partial charge in [0.1, 0.15) is 5.82 Å². The molecule has 2 rings (SSSR count). The summed E-state index contributed by atoms with van der Waals surface area (Å²) in [5.41, 5.74) is 1.82. The molecule has 0 aliphatic heterocycles. The smallest absolute Gasteiger partial charge is 0.274 e. The number of halogens is 1. The molecule has 0 saturated carbocycles. The Morgan fingerprint density at radius 2 is 2.20 bits per heavy atom. The van der Waals surface area contributed by atoms with Crippen LogP contribution in [0.2, 0.25) is 0 Å². The maximum atomic E-state index is 13.2. The Bertz CT molecular complexity index is 515. The number of allylic oxidation sites excluding steroid dienone is 1. The molecule has 0 unspecified atom stereocenters. The molecule has 0 atom stereocenters. The molecule has 0 amide bonds. The third kappa shape index (κ3) is 4.13. The van der Waals surface area contributed by atoms with E-state index in [0.29, 0.717) is 12.1 Å². The summed E-state index contributed by atoms with van der Waals surface area (Å²) in [6, 6.07) is 3.56. The highest BCUT2D eigenvalue weighted by atomic mass is 19.1. The van der Waals surface area contributed by atoms with Gasteiger partial charge in [0.25, 0.3) is 5.69 Å². The van der Waals surface area contributed by atoms with E-state index in [1.54, 1.807) is 0 Å². The lowest BCUT2D eigenvalue weighted by atomic mass is 9.97. The molecule has 1 N–H and O–H groups in total. The van der Waals surface area contributed by atoms with Crippen molar-refractivity contribution in [2.75, 3.05) is 6.54 Å². The van der Waals surface area contributed by atoms with E-state index in [2.05, 4.69) is 11.4 Å². The molecule has 1 aromatic rings. The summed E-state index contributed by atoms with van der Waals surface area (Å²) in [6.07, 6.45) is 8.08.